The van der Waals surface area contributed by atoms with Crippen LogP contribution in [0, 0.1) is 10.1 Å². The van der Waals surface area contributed by atoms with E-state index in [1.54, 1.807) is 18.2 Å². The molecule has 1 aliphatic carbocycles. The van der Waals surface area contributed by atoms with Crippen molar-refractivity contribution in [1.29, 1.82) is 0 Å². The summed E-state index contributed by atoms with van der Waals surface area (Å²) in [6.07, 6.45) is 3.10. The topological polar surface area (TPSA) is 92.6 Å². The number of nitro groups is 1. The Morgan fingerprint density at radius 2 is 1.90 bits per heavy atom. The number of carbonyl (C=O) groups is 2. The Labute approximate surface area is 121 Å². The van der Waals surface area contributed by atoms with E-state index in [9.17, 15) is 19.7 Å². The smallest absolute Gasteiger partial charge is 0.323 e. The molecule has 2 aliphatic rings. The molecule has 7 heteroatoms. The second-order valence-corrected chi connectivity index (χ2v) is 5.50. The number of imide groups is 1. The van der Waals surface area contributed by atoms with E-state index in [1.165, 1.54) is 6.07 Å². The van der Waals surface area contributed by atoms with E-state index < -0.39 is 16.5 Å². The van der Waals surface area contributed by atoms with Crippen molar-refractivity contribution >= 4 is 17.6 Å². The van der Waals surface area contributed by atoms with Crippen molar-refractivity contribution in [3.8, 4) is 0 Å². The Morgan fingerprint density at radius 3 is 2.57 bits per heavy atom. The van der Waals surface area contributed by atoms with Gasteiger partial charge in [-0.1, -0.05) is 31.0 Å². The third-order valence-electron chi connectivity index (χ3n) is 4.22. The Balaban J connectivity index is 1.87. The number of hydrogen-bond acceptors (Lipinski definition) is 4. The van der Waals surface area contributed by atoms with Gasteiger partial charge in [0, 0.05) is 11.6 Å². The molecule has 7 nitrogen and oxygen atoms in total. The zero-order valence-electron chi connectivity index (χ0n) is 11.4. The minimum Gasteiger partial charge on any atom is -0.323 e. The van der Waals surface area contributed by atoms with Crippen LogP contribution in [0.2, 0.25) is 0 Å². The van der Waals surface area contributed by atoms with Gasteiger partial charge in [0.2, 0.25) is 0 Å². The maximum Gasteiger partial charge on any atom is 0.325 e. The van der Waals surface area contributed by atoms with Gasteiger partial charge in [0.1, 0.15) is 5.54 Å². The first-order valence-corrected chi connectivity index (χ1v) is 6.90. The molecule has 0 radical (unpaired) electrons. The highest BCUT2D eigenvalue weighted by Gasteiger charge is 2.52. The second kappa shape index (κ2) is 4.83. The maximum absolute atomic E-state index is 12.5. The number of nitrogens with zero attached hydrogens (tertiary/aromatic N) is 2. The summed E-state index contributed by atoms with van der Waals surface area (Å²) in [6.45, 7) is -0.0659. The molecule has 0 atom stereocenters. The van der Waals surface area contributed by atoms with Crippen molar-refractivity contribution in [2.24, 2.45) is 0 Å². The summed E-state index contributed by atoms with van der Waals surface area (Å²) in [6, 6.07) is 5.70. The van der Waals surface area contributed by atoms with Crippen LogP contribution < -0.4 is 5.32 Å². The number of rotatable bonds is 3. The van der Waals surface area contributed by atoms with Gasteiger partial charge in [0.15, 0.2) is 0 Å². The van der Waals surface area contributed by atoms with Crippen molar-refractivity contribution in [1.82, 2.24) is 10.2 Å². The number of para-hydroxylation sites is 1. The fourth-order valence-electron chi connectivity index (χ4n) is 3.13. The number of amides is 3. The largest absolute Gasteiger partial charge is 0.325 e. The molecule has 1 aromatic carbocycles. The van der Waals surface area contributed by atoms with Crippen molar-refractivity contribution in [2.45, 2.75) is 37.8 Å². The van der Waals surface area contributed by atoms with E-state index in [4.69, 9.17) is 0 Å². The molecule has 110 valence electrons. The van der Waals surface area contributed by atoms with Crippen molar-refractivity contribution in [2.75, 3.05) is 0 Å². The Hall–Kier alpha value is -2.44. The van der Waals surface area contributed by atoms with Gasteiger partial charge in [-0.25, -0.2) is 4.79 Å². The van der Waals surface area contributed by atoms with Gasteiger partial charge >= 0.3 is 6.03 Å². The highest BCUT2D eigenvalue weighted by molar-refractivity contribution is 6.07. The van der Waals surface area contributed by atoms with Gasteiger partial charge < -0.3 is 5.32 Å². The predicted molar refractivity (Wildman–Crippen MR) is 73.4 cm³/mol. The first kappa shape index (κ1) is 13.5. The molecule has 1 heterocycles. The first-order chi connectivity index (χ1) is 10.0. The zero-order chi connectivity index (χ0) is 15.0. The molecule has 1 N–H and O–H groups in total. The molecule has 0 bridgehead atoms. The fourth-order valence-corrected chi connectivity index (χ4v) is 3.13. The van der Waals surface area contributed by atoms with Crippen LogP contribution >= 0.6 is 0 Å². The molecule has 1 aliphatic heterocycles. The summed E-state index contributed by atoms with van der Waals surface area (Å²) in [7, 11) is 0. The summed E-state index contributed by atoms with van der Waals surface area (Å²) < 4.78 is 0. The zero-order valence-corrected chi connectivity index (χ0v) is 11.4. The van der Waals surface area contributed by atoms with Crippen LogP contribution in [0.15, 0.2) is 24.3 Å². The average molecular weight is 289 g/mol. The summed E-state index contributed by atoms with van der Waals surface area (Å²) in [5.41, 5.74) is -0.493. The molecular weight excluding hydrogens is 274 g/mol. The number of urea groups is 1. The monoisotopic (exact) mass is 289 g/mol. The lowest BCUT2D eigenvalue weighted by Gasteiger charge is -2.20. The van der Waals surface area contributed by atoms with E-state index in [0.29, 0.717) is 18.4 Å². The van der Waals surface area contributed by atoms with Crippen molar-refractivity contribution < 1.29 is 14.5 Å². The SMILES string of the molecule is O=C1NC2(CCCC2)C(=O)N1Cc1ccccc1[N+](=O)[O-]. The fraction of sp³-hybridized carbons (Fsp3) is 0.429. The van der Waals surface area contributed by atoms with Gasteiger partial charge in [-0.3, -0.25) is 19.8 Å². The van der Waals surface area contributed by atoms with Gasteiger partial charge in [0.05, 0.1) is 11.5 Å². The number of nitro benzene ring substituents is 1. The summed E-state index contributed by atoms with van der Waals surface area (Å²) in [5.74, 6) is -0.261. The van der Waals surface area contributed by atoms with E-state index in [1.807, 2.05) is 0 Å². The molecule has 1 saturated heterocycles. The Kier molecular flexibility index (Phi) is 3.12. The Bertz CT molecular complexity index is 622. The molecule has 1 spiro atoms. The van der Waals surface area contributed by atoms with Crippen molar-refractivity contribution in [3.63, 3.8) is 0 Å². The second-order valence-electron chi connectivity index (χ2n) is 5.50. The lowest BCUT2D eigenvalue weighted by molar-refractivity contribution is -0.385. The first-order valence-electron chi connectivity index (χ1n) is 6.90. The van der Waals surface area contributed by atoms with Crippen LogP contribution in [0.4, 0.5) is 10.5 Å². The van der Waals surface area contributed by atoms with Gasteiger partial charge in [-0.05, 0) is 12.8 Å². The summed E-state index contributed by atoms with van der Waals surface area (Å²) in [4.78, 5) is 36.2. The predicted octanol–water partition coefficient (Wildman–Crippen LogP) is 1.96. The molecule has 21 heavy (non-hydrogen) atoms. The van der Waals surface area contributed by atoms with Gasteiger partial charge in [0.25, 0.3) is 11.6 Å². The molecule has 2 fully saturated rings. The number of hydrogen-bond donors (Lipinski definition) is 1. The van der Waals surface area contributed by atoms with Crippen LogP contribution in [0.25, 0.3) is 0 Å². The normalized spacial score (nSPS) is 20.1. The van der Waals surface area contributed by atoms with Crippen LogP contribution in [0.1, 0.15) is 31.2 Å². The molecule has 3 rings (SSSR count). The van der Waals surface area contributed by atoms with Gasteiger partial charge in [-0.2, -0.15) is 0 Å². The van der Waals surface area contributed by atoms with Gasteiger partial charge in [-0.15, -0.1) is 0 Å². The standard InChI is InChI=1S/C14H15N3O4/c18-12-14(7-3-4-8-14)15-13(19)16(12)9-10-5-1-2-6-11(10)17(20)21/h1-2,5-6H,3-4,7-9H2,(H,15,19). The van der Waals surface area contributed by atoms with Crippen molar-refractivity contribution in [3.05, 3.63) is 39.9 Å². The molecule has 1 aromatic rings. The average Bonchev–Trinajstić information content (AvgIpc) is 3.01. The lowest BCUT2D eigenvalue weighted by atomic mass is 9.98. The quantitative estimate of drug-likeness (QED) is 0.523. The maximum atomic E-state index is 12.5. The van der Waals surface area contributed by atoms with E-state index in [0.717, 1.165) is 17.7 Å². The van der Waals surface area contributed by atoms with Crippen LogP contribution in [0.3, 0.4) is 0 Å². The third kappa shape index (κ3) is 2.14. The lowest BCUT2D eigenvalue weighted by Crippen LogP contribution is -2.44. The van der Waals surface area contributed by atoms with Crippen LogP contribution in [-0.4, -0.2) is 27.3 Å². The van der Waals surface area contributed by atoms with E-state index >= 15 is 0 Å². The number of benzene rings is 1. The number of nitrogens with one attached hydrogen (secondary N) is 1. The van der Waals surface area contributed by atoms with E-state index in [2.05, 4.69) is 5.32 Å². The minimum absolute atomic E-state index is 0.0659. The Morgan fingerprint density at radius 1 is 1.24 bits per heavy atom. The number of carbonyl (C=O) groups excluding carboxylic acids is 2. The third-order valence-corrected chi connectivity index (χ3v) is 4.22. The molecular formula is C14H15N3O4. The van der Waals surface area contributed by atoms with E-state index in [-0.39, 0.29) is 18.1 Å². The van der Waals surface area contributed by atoms with Crippen LogP contribution in [0.5, 0.6) is 0 Å². The van der Waals surface area contributed by atoms with Crippen LogP contribution in [-0.2, 0) is 11.3 Å². The highest BCUT2D eigenvalue weighted by Crippen LogP contribution is 2.36. The molecule has 0 aromatic heterocycles. The molecule has 0 unspecified atom stereocenters. The summed E-state index contributed by atoms with van der Waals surface area (Å²) >= 11 is 0. The minimum atomic E-state index is -0.777. The highest BCUT2D eigenvalue weighted by atomic mass is 16.6. The molecule has 3 amide bonds. The molecule has 1 saturated carbocycles. The summed E-state index contributed by atoms with van der Waals surface area (Å²) in [5, 5.41) is 13.8.